The van der Waals surface area contributed by atoms with E-state index in [4.69, 9.17) is 20.9 Å². The Balaban J connectivity index is 1.37. The van der Waals surface area contributed by atoms with Crippen LogP contribution in [0.25, 0.3) is 32.8 Å². The van der Waals surface area contributed by atoms with E-state index in [9.17, 15) is 9.50 Å². The van der Waals surface area contributed by atoms with Crippen molar-refractivity contribution in [2.75, 3.05) is 45.2 Å². The number of terminal acetylenes is 1. The molecule has 2 aliphatic heterocycles. The number of rotatable bonds is 14. The minimum atomic E-state index is -0.646. The van der Waals surface area contributed by atoms with E-state index in [0.29, 0.717) is 41.7 Å². The number of aromatic hydroxyl groups is 1. The van der Waals surface area contributed by atoms with Crippen molar-refractivity contribution in [2.45, 2.75) is 82.9 Å². The van der Waals surface area contributed by atoms with Gasteiger partial charge in [-0.3, -0.25) is 4.90 Å². The number of phenolic OH excluding ortho intramolecular Hbond substituents is 1. The number of fused-ring (bicyclic) bond motifs is 2. The number of anilines is 1. The first kappa shape index (κ1) is 34.8. The summed E-state index contributed by atoms with van der Waals surface area (Å²) in [6.07, 6.45) is 14.2. The number of ether oxygens (including phenoxy) is 2. The number of benzene rings is 3. The summed E-state index contributed by atoms with van der Waals surface area (Å²) in [4.78, 5) is 11.7. The molecular weight excluding hydrogens is 624 g/mol. The quantitative estimate of drug-likeness (QED) is 0.0944. The van der Waals surface area contributed by atoms with Gasteiger partial charge in [0.25, 0.3) is 0 Å². The predicted octanol–water partition coefficient (Wildman–Crippen LogP) is 7.41. The Morgan fingerprint density at radius 2 is 1.98 bits per heavy atom. The van der Waals surface area contributed by atoms with Crippen LogP contribution in [0.3, 0.4) is 0 Å². The smallest absolute Gasteiger partial charge is 0.319 e. The molecule has 6 rings (SSSR count). The van der Waals surface area contributed by atoms with Crippen LogP contribution in [0, 0.1) is 24.0 Å². The molecule has 3 heterocycles. The number of likely N-dealkylation sites (tertiary alicyclic amines) is 1. The molecule has 3 unspecified atom stereocenters. The van der Waals surface area contributed by atoms with Gasteiger partial charge in [0.2, 0.25) is 0 Å². The molecule has 3 aromatic carbocycles. The van der Waals surface area contributed by atoms with E-state index >= 15 is 4.39 Å². The zero-order valence-electron chi connectivity index (χ0n) is 28.7. The molecule has 0 saturated carbocycles. The van der Waals surface area contributed by atoms with E-state index in [2.05, 4.69) is 47.3 Å². The first-order chi connectivity index (χ1) is 23.8. The Morgan fingerprint density at radius 1 is 1.12 bits per heavy atom. The van der Waals surface area contributed by atoms with Gasteiger partial charge in [0.1, 0.15) is 29.5 Å². The number of hydrogen-bond donors (Lipinski definition) is 3. The number of phenols is 1. The third-order valence-corrected chi connectivity index (χ3v) is 10.2. The molecule has 10 heteroatoms. The molecule has 260 valence electrons. The second kappa shape index (κ2) is 15.2. The molecule has 0 spiro atoms. The van der Waals surface area contributed by atoms with Gasteiger partial charge in [-0.2, -0.15) is 9.97 Å². The molecular formula is C39H47F2N5O3. The second-order valence-electron chi connectivity index (χ2n) is 13.5. The molecule has 3 atom stereocenters. The molecule has 49 heavy (non-hydrogen) atoms. The van der Waals surface area contributed by atoms with Crippen LogP contribution in [0.5, 0.6) is 11.8 Å². The third kappa shape index (κ3) is 7.16. The highest BCUT2D eigenvalue weighted by Gasteiger charge is 2.39. The summed E-state index contributed by atoms with van der Waals surface area (Å²) in [7, 11) is 2.12. The molecule has 0 bridgehead atoms. The normalized spacial score (nSPS) is 20.2. The van der Waals surface area contributed by atoms with Crippen molar-refractivity contribution < 1.29 is 23.4 Å². The second-order valence-corrected chi connectivity index (χ2v) is 13.5. The number of nitrogens with zero attached hydrogens (tertiary/aromatic N) is 3. The van der Waals surface area contributed by atoms with Crippen LogP contribution in [-0.2, 0) is 4.74 Å². The van der Waals surface area contributed by atoms with E-state index in [1.165, 1.54) is 24.3 Å². The number of likely N-dealkylation sites (N-methyl/N-ethyl adjacent to an activating group) is 1. The van der Waals surface area contributed by atoms with E-state index in [-0.39, 0.29) is 51.7 Å². The molecule has 2 fully saturated rings. The first-order valence-corrected chi connectivity index (χ1v) is 17.6. The Morgan fingerprint density at radius 3 is 2.69 bits per heavy atom. The molecule has 0 aliphatic carbocycles. The highest BCUT2D eigenvalue weighted by Crippen LogP contribution is 2.40. The fourth-order valence-electron chi connectivity index (χ4n) is 7.72. The molecule has 3 N–H and O–H groups in total. The van der Waals surface area contributed by atoms with Gasteiger partial charge in [0.15, 0.2) is 5.82 Å². The third-order valence-electron chi connectivity index (χ3n) is 10.2. The molecule has 4 aromatic rings. The topological polar surface area (TPSA) is 91.8 Å². The predicted molar refractivity (Wildman–Crippen MR) is 191 cm³/mol. The van der Waals surface area contributed by atoms with Crippen molar-refractivity contribution in [3.63, 3.8) is 0 Å². The molecule has 1 aromatic heterocycles. The lowest BCUT2D eigenvalue weighted by Crippen LogP contribution is -2.46. The van der Waals surface area contributed by atoms with Gasteiger partial charge in [0, 0.05) is 42.1 Å². The number of nitrogens with one attached hydrogen (secondary N) is 2. The molecule has 2 saturated heterocycles. The average Bonchev–Trinajstić information content (AvgIpc) is 3.76. The summed E-state index contributed by atoms with van der Waals surface area (Å²) in [5.41, 5.74) is 0.315. The van der Waals surface area contributed by atoms with E-state index < -0.39 is 11.6 Å². The van der Waals surface area contributed by atoms with Crippen LogP contribution in [0.1, 0.15) is 70.8 Å². The Hall–Kier alpha value is -4.04. The molecule has 2 aliphatic rings. The lowest BCUT2D eigenvalue weighted by atomic mass is 9.92. The van der Waals surface area contributed by atoms with E-state index in [1.54, 1.807) is 12.1 Å². The fourth-order valence-corrected chi connectivity index (χ4v) is 7.72. The van der Waals surface area contributed by atoms with Gasteiger partial charge in [-0.25, -0.2) is 8.78 Å². The van der Waals surface area contributed by atoms with Gasteiger partial charge in [-0.15, -0.1) is 6.42 Å². The molecule has 0 radical (unpaired) electrons. The molecule has 0 amide bonds. The van der Waals surface area contributed by atoms with Crippen LogP contribution < -0.4 is 15.4 Å². The van der Waals surface area contributed by atoms with Crippen LogP contribution in [0.2, 0.25) is 0 Å². The first-order valence-electron chi connectivity index (χ1n) is 17.6. The Labute approximate surface area is 287 Å². The molecule has 8 nitrogen and oxygen atoms in total. The van der Waals surface area contributed by atoms with Crippen molar-refractivity contribution in [2.24, 2.45) is 0 Å². The highest BCUT2D eigenvalue weighted by atomic mass is 19.1. The Bertz CT molecular complexity index is 1840. The summed E-state index contributed by atoms with van der Waals surface area (Å²) in [5.74, 6) is 1.53. The van der Waals surface area contributed by atoms with Gasteiger partial charge in [0.05, 0.1) is 17.2 Å². The minimum Gasteiger partial charge on any atom is -0.508 e. The van der Waals surface area contributed by atoms with Gasteiger partial charge >= 0.3 is 6.01 Å². The van der Waals surface area contributed by atoms with Crippen molar-refractivity contribution >= 4 is 27.5 Å². The largest absolute Gasteiger partial charge is 0.508 e. The van der Waals surface area contributed by atoms with Crippen molar-refractivity contribution in [3.8, 4) is 35.2 Å². The highest BCUT2D eigenvalue weighted by molar-refractivity contribution is 6.04. The van der Waals surface area contributed by atoms with Crippen LogP contribution in [0.15, 0.2) is 36.4 Å². The lowest BCUT2D eigenvalue weighted by Gasteiger charge is -2.35. The van der Waals surface area contributed by atoms with Crippen LogP contribution >= 0.6 is 0 Å². The van der Waals surface area contributed by atoms with Crippen LogP contribution in [-0.4, -0.2) is 77.6 Å². The summed E-state index contributed by atoms with van der Waals surface area (Å²) in [6, 6.07) is 9.35. The van der Waals surface area contributed by atoms with E-state index in [1.807, 2.05) is 0 Å². The van der Waals surface area contributed by atoms with Crippen molar-refractivity contribution in [1.82, 2.24) is 20.2 Å². The minimum absolute atomic E-state index is 0.000140. The van der Waals surface area contributed by atoms with Gasteiger partial charge in [-0.05, 0) is 87.3 Å². The lowest BCUT2D eigenvalue weighted by molar-refractivity contribution is 0.0757. The number of hydrogen-bond acceptors (Lipinski definition) is 8. The Kier molecular flexibility index (Phi) is 10.8. The maximum atomic E-state index is 16.8. The standard InChI is InChI=1S/C39H47F2N5O3/c1-5-10-32(33-11-8-21-48-33)42-18-19-43-37-29-14-13-28(30-23-26(47)22-25-12-15-31(40)27(7-3)34(25)30)35(41)36(29)44-38(45-37)49-24-39(16-6-2)17-9-20-46(39)4/h3,12-15,22-23,32-33,42,47H,5-6,8-11,16-21,24H2,1-2,4H3,(H,43,44,45). The van der Waals surface area contributed by atoms with Gasteiger partial charge < -0.3 is 25.2 Å². The van der Waals surface area contributed by atoms with Crippen molar-refractivity contribution in [1.29, 1.82) is 0 Å². The summed E-state index contributed by atoms with van der Waals surface area (Å²) < 4.78 is 44.0. The summed E-state index contributed by atoms with van der Waals surface area (Å²) in [5, 5.41) is 19.0. The zero-order chi connectivity index (χ0) is 34.5. The van der Waals surface area contributed by atoms with E-state index in [0.717, 1.165) is 64.5 Å². The fraction of sp³-hybridized carbons (Fsp3) is 0.487. The number of halogens is 2. The number of aromatic nitrogens is 2. The van der Waals surface area contributed by atoms with Crippen molar-refractivity contribution in [3.05, 3.63) is 53.6 Å². The van der Waals surface area contributed by atoms with Gasteiger partial charge in [-0.1, -0.05) is 44.7 Å². The zero-order valence-corrected chi connectivity index (χ0v) is 28.7. The maximum Gasteiger partial charge on any atom is 0.319 e. The van der Waals surface area contributed by atoms with Crippen LogP contribution in [0.4, 0.5) is 14.6 Å². The summed E-state index contributed by atoms with van der Waals surface area (Å²) in [6.45, 7) is 7.71. The SMILES string of the molecule is C#Cc1c(F)ccc2cc(O)cc(-c3ccc4c(NCCNC(CCC)C5CCCO5)nc(OCC5(CCC)CCCN5C)nc4c3F)c12. The maximum absolute atomic E-state index is 16.8. The average molecular weight is 672 g/mol. The monoisotopic (exact) mass is 671 g/mol. The summed E-state index contributed by atoms with van der Waals surface area (Å²) >= 11 is 0.